The maximum atomic E-state index is 11.5. The van der Waals surface area contributed by atoms with Crippen molar-refractivity contribution in [1.29, 1.82) is 0 Å². The first-order chi connectivity index (χ1) is 8.50. The summed E-state index contributed by atoms with van der Waals surface area (Å²) in [6.45, 7) is 1.67. The number of hydrogen-bond acceptors (Lipinski definition) is 6. The third-order valence-electron chi connectivity index (χ3n) is 2.67. The van der Waals surface area contributed by atoms with Crippen LogP contribution in [0.5, 0.6) is 0 Å². The van der Waals surface area contributed by atoms with Gasteiger partial charge in [-0.3, -0.25) is 9.59 Å². The lowest BCUT2D eigenvalue weighted by atomic mass is 10.2. The highest BCUT2D eigenvalue weighted by molar-refractivity contribution is 6.01. The number of carbonyl (C=O) groups excluding carboxylic acids is 3. The fourth-order valence-electron chi connectivity index (χ4n) is 1.62. The molecule has 2 aliphatic heterocycles. The minimum Gasteiger partial charge on any atom is -0.457 e. The molecule has 1 fully saturated rings. The molecule has 2 heterocycles. The fourth-order valence-corrected chi connectivity index (χ4v) is 1.62. The third kappa shape index (κ3) is 2.61. The molecular weight excluding hydrogens is 242 g/mol. The predicted molar refractivity (Wildman–Crippen MR) is 56.1 cm³/mol. The molecule has 0 aromatic heterocycles. The Morgan fingerprint density at radius 1 is 1.33 bits per heavy atom. The summed E-state index contributed by atoms with van der Waals surface area (Å²) in [5, 5.41) is 0.527. The van der Waals surface area contributed by atoms with Crippen LogP contribution in [0.4, 0.5) is 0 Å². The van der Waals surface area contributed by atoms with Crippen molar-refractivity contribution >= 4 is 17.8 Å². The van der Waals surface area contributed by atoms with E-state index in [4.69, 9.17) is 14.3 Å². The van der Waals surface area contributed by atoms with Crippen molar-refractivity contribution in [3.8, 4) is 0 Å². The first-order valence-electron chi connectivity index (χ1n) is 5.57. The van der Waals surface area contributed by atoms with Crippen molar-refractivity contribution in [3.63, 3.8) is 0 Å². The minimum absolute atomic E-state index is 0.0186. The average Bonchev–Trinajstić information content (AvgIpc) is 2.89. The highest BCUT2D eigenvalue weighted by atomic mass is 16.7. The zero-order valence-corrected chi connectivity index (χ0v) is 9.88. The second kappa shape index (κ2) is 4.67. The van der Waals surface area contributed by atoms with Gasteiger partial charge in [0.2, 0.25) is 5.79 Å². The lowest BCUT2D eigenvalue weighted by Gasteiger charge is -2.22. The standard InChI is InChI=1S/C11H13NO6/c1-11(16-6-7-17-11)5-4-10(15)18-12-8(13)2-3-9(12)14/h6-7H,2-5H2,1H3. The van der Waals surface area contributed by atoms with Crippen molar-refractivity contribution < 1.29 is 28.7 Å². The van der Waals surface area contributed by atoms with Crippen LogP contribution in [0.15, 0.2) is 12.5 Å². The van der Waals surface area contributed by atoms with E-state index in [1.165, 1.54) is 12.5 Å². The fraction of sp³-hybridized carbons (Fsp3) is 0.545. The van der Waals surface area contributed by atoms with Crippen LogP contribution in [0.2, 0.25) is 0 Å². The van der Waals surface area contributed by atoms with Gasteiger partial charge >= 0.3 is 5.97 Å². The molecule has 0 unspecified atom stereocenters. The summed E-state index contributed by atoms with van der Waals surface area (Å²) >= 11 is 0. The molecule has 7 nitrogen and oxygen atoms in total. The van der Waals surface area contributed by atoms with Crippen LogP contribution in [0.3, 0.4) is 0 Å². The molecule has 98 valence electrons. The largest absolute Gasteiger partial charge is 0.457 e. The topological polar surface area (TPSA) is 82.1 Å². The molecule has 0 spiro atoms. The summed E-state index contributed by atoms with van der Waals surface area (Å²) in [6.07, 6.45) is 3.18. The van der Waals surface area contributed by atoms with Gasteiger partial charge in [-0.15, -0.1) is 5.06 Å². The van der Waals surface area contributed by atoms with Crippen LogP contribution in [0.25, 0.3) is 0 Å². The molecule has 0 atom stereocenters. The van der Waals surface area contributed by atoms with E-state index in [1.807, 2.05) is 0 Å². The van der Waals surface area contributed by atoms with Gasteiger partial charge < -0.3 is 14.3 Å². The SMILES string of the molecule is CC1(CCC(=O)ON2C(=O)CCC2=O)OC=CO1. The normalized spacial score (nSPS) is 20.8. The molecule has 1 saturated heterocycles. The average molecular weight is 255 g/mol. The quantitative estimate of drug-likeness (QED) is 0.684. The molecule has 2 aliphatic rings. The Morgan fingerprint density at radius 3 is 2.44 bits per heavy atom. The lowest BCUT2D eigenvalue weighted by Crippen LogP contribution is -2.33. The molecule has 0 N–H and O–H groups in total. The van der Waals surface area contributed by atoms with Gasteiger partial charge in [-0.05, 0) is 0 Å². The van der Waals surface area contributed by atoms with Gasteiger partial charge in [0.05, 0.1) is 6.42 Å². The summed E-state index contributed by atoms with van der Waals surface area (Å²) in [7, 11) is 0. The molecule has 2 amide bonds. The molecule has 0 aromatic rings. The second-order valence-electron chi connectivity index (χ2n) is 4.19. The molecular formula is C11H13NO6. The van der Waals surface area contributed by atoms with Crippen LogP contribution in [0.1, 0.15) is 32.6 Å². The molecule has 0 saturated carbocycles. The summed E-state index contributed by atoms with van der Waals surface area (Å²) < 4.78 is 10.3. The van der Waals surface area contributed by atoms with Crippen LogP contribution >= 0.6 is 0 Å². The number of hydroxylamine groups is 2. The van der Waals surface area contributed by atoms with E-state index in [0.29, 0.717) is 5.06 Å². The van der Waals surface area contributed by atoms with E-state index in [0.717, 1.165) is 0 Å². The zero-order valence-electron chi connectivity index (χ0n) is 9.88. The van der Waals surface area contributed by atoms with Crippen molar-refractivity contribution in [1.82, 2.24) is 5.06 Å². The Morgan fingerprint density at radius 2 is 1.89 bits per heavy atom. The molecule has 0 bridgehead atoms. The Bertz CT molecular complexity index is 392. The second-order valence-corrected chi connectivity index (χ2v) is 4.19. The number of hydrogen-bond donors (Lipinski definition) is 0. The van der Waals surface area contributed by atoms with Gasteiger partial charge in [0, 0.05) is 26.2 Å². The highest BCUT2D eigenvalue weighted by Crippen LogP contribution is 2.25. The number of imide groups is 1. The van der Waals surface area contributed by atoms with Crippen LogP contribution < -0.4 is 0 Å². The number of rotatable bonds is 4. The highest BCUT2D eigenvalue weighted by Gasteiger charge is 2.34. The lowest BCUT2D eigenvalue weighted by molar-refractivity contribution is -0.199. The molecule has 0 aromatic carbocycles. The van der Waals surface area contributed by atoms with E-state index in [-0.39, 0.29) is 25.7 Å². The predicted octanol–water partition coefficient (Wildman–Crippen LogP) is 0.608. The van der Waals surface area contributed by atoms with E-state index in [9.17, 15) is 14.4 Å². The van der Waals surface area contributed by atoms with Crippen molar-refractivity contribution in [2.45, 2.75) is 38.4 Å². The van der Waals surface area contributed by atoms with Gasteiger partial charge in [-0.25, -0.2) is 4.79 Å². The van der Waals surface area contributed by atoms with Crippen LogP contribution in [-0.4, -0.2) is 28.6 Å². The van der Waals surface area contributed by atoms with Gasteiger partial charge in [-0.2, -0.15) is 0 Å². The Hall–Kier alpha value is -2.05. The van der Waals surface area contributed by atoms with Crippen molar-refractivity contribution in [2.24, 2.45) is 0 Å². The summed E-state index contributed by atoms with van der Waals surface area (Å²) in [5.74, 6) is -2.54. The monoisotopic (exact) mass is 255 g/mol. The summed E-state index contributed by atoms with van der Waals surface area (Å²) in [5.41, 5.74) is 0. The van der Waals surface area contributed by atoms with E-state index >= 15 is 0 Å². The number of carbonyl (C=O) groups is 3. The van der Waals surface area contributed by atoms with Crippen LogP contribution in [0, 0.1) is 0 Å². The minimum atomic E-state index is -0.891. The first-order valence-corrected chi connectivity index (χ1v) is 5.57. The molecule has 18 heavy (non-hydrogen) atoms. The summed E-state index contributed by atoms with van der Waals surface area (Å²) in [4.78, 5) is 38.6. The number of nitrogens with zero attached hydrogens (tertiary/aromatic N) is 1. The summed E-state index contributed by atoms with van der Waals surface area (Å²) in [6, 6.07) is 0. The zero-order chi connectivity index (χ0) is 13.2. The molecule has 0 radical (unpaired) electrons. The van der Waals surface area contributed by atoms with Gasteiger partial charge in [0.25, 0.3) is 11.8 Å². The number of ether oxygens (including phenoxy) is 2. The first kappa shape index (κ1) is 12.4. The van der Waals surface area contributed by atoms with E-state index < -0.39 is 23.6 Å². The maximum absolute atomic E-state index is 11.5. The Balaban J connectivity index is 1.78. The van der Waals surface area contributed by atoms with Crippen molar-refractivity contribution in [3.05, 3.63) is 12.5 Å². The smallest absolute Gasteiger partial charge is 0.333 e. The Labute approximate surface area is 103 Å². The van der Waals surface area contributed by atoms with Gasteiger partial charge in [-0.1, -0.05) is 0 Å². The molecule has 2 rings (SSSR count). The molecule has 0 aliphatic carbocycles. The van der Waals surface area contributed by atoms with Gasteiger partial charge in [0.15, 0.2) is 0 Å². The molecule has 7 heteroatoms. The van der Waals surface area contributed by atoms with E-state index in [1.54, 1.807) is 6.92 Å². The maximum Gasteiger partial charge on any atom is 0.333 e. The number of amides is 2. The third-order valence-corrected chi connectivity index (χ3v) is 2.67. The van der Waals surface area contributed by atoms with Crippen LogP contribution in [-0.2, 0) is 28.7 Å². The Kier molecular flexibility index (Phi) is 3.22. The van der Waals surface area contributed by atoms with Gasteiger partial charge in [0.1, 0.15) is 12.5 Å². The van der Waals surface area contributed by atoms with Crippen molar-refractivity contribution in [2.75, 3.05) is 0 Å². The van der Waals surface area contributed by atoms with E-state index in [2.05, 4.69) is 0 Å².